The summed E-state index contributed by atoms with van der Waals surface area (Å²) in [6.45, 7) is 10.8. The Morgan fingerprint density at radius 1 is 1.30 bits per heavy atom. The van der Waals surface area contributed by atoms with Gasteiger partial charge in [-0.05, 0) is 44.0 Å². The summed E-state index contributed by atoms with van der Waals surface area (Å²) in [7, 11) is 0. The Balaban J connectivity index is 2.72. The van der Waals surface area contributed by atoms with Crippen LogP contribution >= 0.6 is 0 Å². The molecule has 1 amide bonds. The van der Waals surface area contributed by atoms with Crippen molar-refractivity contribution in [1.82, 2.24) is 10.2 Å². The van der Waals surface area contributed by atoms with Gasteiger partial charge in [0.2, 0.25) is 5.91 Å². The lowest BCUT2D eigenvalue weighted by atomic mass is 9.96. The first-order chi connectivity index (χ1) is 10.6. The van der Waals surface area contributed by atoms with E-state index in [1.54, 1.807) is 26.0 Å². The van der Waals surface area contributed by atoms with E-state index in [2.05, 4.69) is 5.32 Å². The Kier molecular flexibility index (Phi) is 7.16. The lowest BCUT2D eigenvalue weighted by molar-refractivity contribution is -0.123. The van der Waals surface area contributed by atoms with Crippen LogP contribution < -0.4 is 5.32 Å². The number of hydrogen-bond acceptors (Lipinski definition) is 3. The lowest BCUT2D eigenvalue weighted by Crippen LogP contribution is -2.45. The van der Waals surface area contributed by atoms with Crippen LogP contribution in [0.25, 0.3) is 0 Å². The molecule has 1 aromatic rings. The van der Waals surface area contributed by atoms with Crippen LogP contribution in [-0.2, 0) is 4.79 Å². The fourth-order valence-corrected chi connectivity index (χ4v) is 2.55. The van der Waals surface area contributed by atoms with Crippen LogP contribution in [0, 0.1) is 11.7 Å². The van der Waals surface area contributed by atoms with Crippen molar-refractivity contribution in [2.45, 2.75) is 46.3 Å². The Hall–Kier alpha value is -1.46. The third kappa shape index (κ3) is 7.10. The molecule has 0 aromatic heterocycles. The van der Waals surface area contributed by atoms with Gasteiger partial charge in [0.25, 0.3) is 0 Å². The zero-order valence-corrected chi connectivity index (χ0v) is 14.8. The molecule has 2 N–H and O–H groups in total. The van der Waals surface area contributed by atoms with Crippen molar-refractivity contribution in [3.8, 4) is 0 Å². The molecule has 1 atom stereocenters. The predicted molar refractivity (Wildman–Crippen MR) is 90.5 cm³/mol. The highest BCUT2D eigenvalue weighted by Crippen LogP contribution is 2.21. The number of benzene rings is 1. The summed E-state index contributed by atoms with van der Waals surface area (Å²) >= 11 is 0. The molecular formula is C18H29FN2O2. The number of likely N-dealkylation sites (N-methyl/N-ethyl adjacent to an activating group) is 1. The highest BCUT2D eigenvalue weighted by atomic mass is 19.1. The van der Waals surface area contributed by atoms with E-state index in [9.17, 15) is 14.3 Å². The van der Waals surface area contributed by atoms with Crippen LogP contribution in [-0.4, -0.2) is 41.1 Å². The Labute approximate surface area is 138 Å². The summed E-state index contributed by atoms with van der Waals surface area (Å²) in [6, 6.07) is 6.06. The maximum absolute atomic E-state index is 13.1. The van der Waals surface area contributed by atoms with Crippen molar-refractivity contribution < 1.29 is 14.3 Å². The lowest BCUT2D eigenvalue weighted by Gasteiger charge is -2.29. The topological polar surface area (TPSA) is 52.6 Å². The third-order valence-corrected chi connectivity index (χ3v) is 3.64. The normalized spacial score (nSPS) is 13.4. The number of nitrogens with one attached hydrogen (secondary N) is 1. The molecule has 0 aliphatic carbocycles. The minimum atomic E-state index is -0.843. The van der Waals surface area contributed by atoms with E-state index in [-0.39, 0.29) is 30.2 Å². The number of halogens is 1. The summed E-state index contributed by atoms with van der Waals surface area (Å²) in [6.07, 6.45) is 0. The minimum Gasteiger partial charge on any atom is -0.389 e. The number of nitrogens with zero attached hydrogens (tertiary/aromatic N) is 1. The molecule has 1 rings (SSSR count). The number of carbonyl (C=O) groups excluding carboxylic acids is 1. The van der Waals surface area contributed by atoms with Gasteiger partial charge in [-0.3, -0.25) is 9.69 Å². The van der Waals surface area contributed by atoms with Gasteiger partial charge in [0, 0.05) is 6.54 Å². The zero-order chi connectivity index (χ0) is 17.6. The molecule has 1 aromatic carbocycles. The average molecular weight is 324 g/mol. The molecule has 0 heterocycles. The molecule has 0 aliphatic rings. The SMILES string of the molecule is CCN(CC(=O)NC(c1ccc(F)cc1)C(C)C)CC(C)(C)O. The van der Waals surface area contributed by atoms with E-state index in [4.69, 9.17) is 0 Å². The van der Waals surface area contributed by atoms with Crippen molar-refractivity contribution in [2.75, 3.05) is 19.6 Å². The van der Waals surface area contributed by atoms with E-state index in [1.807, 2.05) is 25.7 Å². The smallest absolute Gasteiger partial charge is 0.234 e. The quantitative estimate of drug-likeness (QED) is 0.773. The molecule has 0 bridgehead atoms. The Morgan fingerprint density at radius 2 is 1.87 bits per heavy atom. The summed E-state index contributed by atoms with van der Waals surface area (Å²) in [4.78, 5) is 14.2. The molecule has 23 heavy (non-hydrogen) atoms. The second-order valence-electron chi connectivity index (χ2n) is 6.96. The molecule has 0 spiro atoms. The number of rotatable bonds is 8. The van der Waals surface area contributed by atoms with Crippen LogP contribution in [0.2, 0.25) is 0 Å². The third-order valence-electron chi connectivity index (χ3n) is 3.64. The summed E-state index contributed by atoms with van der Waals surface area (Å²) in [5.41, 5.74) is 0.0466. The first-order valence-corrected chi connectivity index (χ1v) is 8.12. The number of carbonyl (C=O) groups is 1. The molecule has 1 unspecified atom stereocenters. The van der Waals surface area contributed by atoms with Gasteiger partial charge in [0.05, 0.1) is 18.2 Å². The molecular weight excluding hydrogens is 295 g/mol. The van der Waals surface area contributed by atoms with Gasteiger partial charge < -0.3 is 10.4 Å². The van der Waals surface area contributed by atoms with Crippen molar-refractivity contribution in [3.05, 3.63) is 35.6 Å². The number of aliphatic hydroxyl groups is 1. The zero-order valence-electron chi connectivity index (χ0n) is 14.8. The first kappa shape index (κ1) is 19.6. The van der Waals surface area contributed by atoms with Crippen LogP contribution in [0.5, 0.6) is 0 Å². The number of amides is 1. The monoisotopic (exact) mass is 324 g/mol. The molecule has 4 nitrogen and oxygen atoms in total. The van der Waals surface area contributed by atoms with Gasteiger partial charge in [-0.1, -0.05) is 32.9 Å². The number of hydrogen-bond donors (Lipinski definition) is 2. The van der Waals surface area contributed by atoms with Crippen molar-refractivity contribution >= 4 is 5.91 Å². The molecule has 0 saturated heterocycles. The molecule has 0 saturated carbocycles. The molecule has 5 heteroatoms. The van der Waals surface area contributed by atoms with Crippen molar-refractivity contribution in [1.29, 1.82) is 0 Å². The van der Waals surface area contributed by atoms with Gasteiger partial charge in [-0.2, -0.15) is 0 Å². The van der Waals surface area contributed by atoms with E-state index in [0.717, 1.165) is 5.56 Å². The highest BCUT2D eigenvalue weighted by molar-refractivity contribution is 5.78. The summed E-state index contributed by atoms with van der Waals surface area (Å²) in [5, 5.41) is 12.9. The van der Waals surface area contributed by atoms with Gasteiger partial charge >= 0.3 is 0 Å². The molecule has 0 radical (unpaired) electrons. The van der Waals surface area contributed by atoms with Crippen molar-refractivity contribution in [3.63, 3.8) is 0 Å². The fourth-order valence-electron chi connectivity index (χ4n) is 2.55. The van der Waals surface area contributed by atoms with Crippen LogP contribution in [0.3, 0.4) is 0 Å². The second-order valence-corrected chi connectivity index (χ2v) is 6.96. The van der Waals surface area contributed by atoms with Gasteiger partial charge in [-0.25, -0.2) is 4.39 Å². The molecule has 0 fully saturated rings. The van der Waals surface area contributed by atoms with E-state index in [1.165, 1.54) is 12.1 Å². The van der Waals surface area contributed by atoms with Gasteiger partial charge in [0.1, 0.15) is 5.82 Å². The fraction of sp³-hybridized carbons (Fsp3) is 0.611. The summed E-state index contributed by atoms with van der Waals surface area (Å²) in [5.74, 6) is -0.196. The summed E-state index contributed by atoms with van der Waals surface area (Å²) < 4.78 is 13.1. The van der Waals surface area contributed by atoms with Gasteiger partial charge in [0.15, 0.2) is 0 Å². The van der Waals surface area contributed by atoms with Crippen molar-refractivity contribution in [2.24, 2.45) is 5.92 Å². The van der Waals surface area contributed by atoms with E-state index < -0.39 is 5.60 Å². The second kappa shape index (κ2) is 8.41. The van der Waals surface area contributed by atoms with Gasteiger partial charge in [-0.15, -0.1) is 0 Å². The highest BCUT2D eigenvalue weighted by Gasteiger charge is 2.22. The van der Waals surface area contributed by atoms with Crippen LogP contribution in [0.1, 0.15) is 46.2 Å². The minimum absolute atomic E-state index is 0.0980. The molecule has 130 valence electrons. The maximum atomic E-state index is 13.1. The standard InChI is InChI=1S/C18H29FN2O2/c1-6-21(12-18(4,5)23)11-16(22)20-17(13(2)3)14-7-9-15(19)10-8-14/h7-10,13,17,23H,6,11-12H2,1-5H3,(H,20,22). The maximum Gasteiger partial charge on any atom is 0.234 e. The largest absolute Gasteiger partial charge is 0.389 e. The first-order valence-electron chi connectivity index (χ1n) is 8.12. The Bertz CT molecular complexity index is 495. The van der Waals surface area contributed by atoms with E-state index in [0.29, 0.717) is 13.1 Å². The Morgan fingerprint density at radius 3 is 2.30 bits per heavy atom. The van der Waals surface area contributed by atoms with E-state index >= 15 is 0 Å². The van der Waals surface area contributed by atoms with Crippen LogP contribution in [0.4, 0.5) is 4.39 Å². The average Bonchev–Trinajstić information content (AvgIpc) is 2.43. The van der Waals surface area contributed by atoms with Crippen LogP contribution in [0.15, 0.2) is 24.3 Å². The predicted octanol–water partition coefficient (Wildman–Crippen LogP) is 2.73. The molecule has 0 aliphatic heterocycles.